The Hall–Kier alpha value is -1.64. The van der Waals surface area contributed by atoms with Gasteiger partial charge in [-0.1, -0.05) is 32.8 Å². The second-order valence-electron chi connectivity index (χ2n) is 5.62. The van der Waals surface area contributed by atoms with Crippen LogP contribution < -0.4 is 5.32 Å². The number of anilines is 1. The first-order valence-corrected chi connectivity index (χ1v) is 7.97. The summed E-state index contributed by atoms with van der Waals surface area (Å²) in [6.45, 7) is 5.81. The van der Waals surface area contributed by atoms with Crippen molar-refractivity contribution in [3.8, 4) is 0 Å². The summed E-state index contributed by atoms with van der Waals surface area (Å²) in [6, 6.07) is 6.13. The molecule has 0 unspecified atom stereocenters. The van der Waals surface area contributed by atoms with Gasteiger partial charge in [0.2, 0.25) is 5.91 Å². The maximum Gasteiger partial charge on any atom is 0.231 e. The van der Waals surface area contributed by atoms with Crippen LogP contribution in [0.1, 0.15) is 64.0 Å². The standard InChI is InChI=1S/C18H27NO2/c1-4-6-8-15-10-11-17(13-16(15)9-7-5-2)19-18(21)12-14(3)20/h10-11,13H,4-9,12H2,1-3H3,(H,19,21). The van der Waals surface area contributed by atoms with Crippen LogP contribution in [0.25, 0.3) is 0 Å². The van der Waals surface area contributed by atoms with E-state index in [-0.39, 0.29) is 18.1 Å². The normalized spacial score (nSPS) is 10.4. The van der Waals surface area contributed by atoms with E-state index in [1.165, 1.54) is 30.9 Å². The van der Waals surface area contributed by atoms with Crippen molar-refractivity contribution in [2.45, 2.75) is 65.7 Å². The molecule has 0 aromatic heterocycles. The van der Waals surface area contributed by atoms with Crippen molar-refractivity contribution < 1.29 is 9.59 Å². The molecule has 1 N–H and O–H groups in total. The maximum atomic E-state index is 11.7. The molecule has 1 aromatic carbocycles. The van der Waals surface area contributed by atoms with E-state index >= 15 is 0 Å². The van der Waals surface area contributed by atoms with Gasteiger partial charge in [-0.25, -0.2) is 0 Å². The molecule has 1 rings (SSSR count). The lowest BCUT2D eigenvalue weighted by Gasteiger charge is -2.12. The summed E-state index contributed by atoms with van der Waals surface area (Å²) in [4.78, 5) is 22.6. The summed E-state index contributed by atoms with van der Waals surface area (Å²) in [6.07, 6.45) is 6.78. The Morgan fingerprint density at radius 1 is 1.00 bits per heavy atom. The molecule has 3 heteroatoms. The number of carbonyl (C=O) groups is 2. The molecule has 0 atom stereocenters. The highest BCUT2D eigenvalue weighted by atomic mass is 16.2. The Morgan fingerprint density at radius 2 is 1.62 bits per heavy atom. The largest absolute Gasteiger partial charge is 0.326 e. The predicted molar refractivity (Wildman–Crippen MR) is 87.6 cm³/mol. The van der Waals surface area contributed by atoms with Crippen molar-refractivity contribution in [1.82, 2.24) is 0 Å². The molecule has 0 aliphatic carbocycles. The van der Waals surface area contributed by atoms with Crippen molar-refractivity contribution in [2.75, 3.05) is 5.32 Å². The SMILES string of the molecule is CCCCc1ccc(NC(=O)CC(C)=O)cc1CCCC. The zero-order valence-electron chi connectivity index (χ0n) is 13.5. The minimum Gasteiger partial charge on any atom is -0.326 e. The number of hydrogen-bond donors (Lipinski definition) is 1. The van der Waals surface area contributed by atoms with Crippen LogP contribution in [0.4, 0.5) is 5.69 Å². The third kappa shape index (κ3) is 6.56. The van der Waals surface area contributed by atoms with Gasteiger partial charge in [0.05, 0.1) is 6.42 Å². The highest BCUT2D eigenvalue weighted by Gasteiger charge is 2.08. The van der Waals surface area contributed by atoms with Gasteiger partial charge in [-0.3, -0.25) is 9.59 Å². The summed E-state index contributed by atoms with van der Waals surface area (Å²) in [5, 5.41) is 2.81. The van der Waals surface area contributed by atoms with Crippen molar-refractivity contribution >= 4 is 17.4 Å². The fraction of sp³-hybridized carbons (Fsp3) is 0.556. The lowest BCUT2D eigenvalue weighted by atomic mass is 9.97. The zero-order chi connectivity index (χ0) is 15.7. The highest BCUT2D eigenvalue weighted by molar-refractivity contribution is 6.03. The maximum absolute atomic E-state index is 11.7. The van der Waals surface area contributed by atoms with Crippen LogP contribution in [0, 0.1) is 0 Å². The van der Waals surface area contributed by atoms with Gasteiger partial charge in [-0.15, -0.1) is 0 Å². The van der Waals surface area contributed by atoms with Gasteiger partial charge in [-0.2, -0.15) is 0 Å². The topological polar surface area (TPSA) is 46.2 Å². The van der Waals surface area contributed by atoms with Gasteiger partial charge in [0, 0.05) is 5.69 Å². The summed E-state index contributed by atoms with van der Waals surface area (Å²) in [5.41, 5.74) is 3.51. The summed E-state index contributed by atoms with van der Waals surface area (Å²) >= 11 is 0. The van der Waals surface area contributed by atoms with E-state index in [9.17, 15) is 9.59 Å². The van der Waals surface area contributed by atoms with E-state index in [1.807, 2.05) is 6.07 Å². The van der Waals surface area contributed by atoms with Gasteiger partial charge >= 0.3 is 0 Å². The summed E-state index contributed by atoms with van der Waals surface area (Å²) in [7, 11) is 0. The number of hydrogen-bond acceptors (Lipinski definition) is 2. The highest BCUT2D eigenvalue weighted by Crippen LogP contribution is 2.20. The van der Waals surface area contributed by atoms with Gasteiger partial charge in [0.15, 0.2) is 0 Å². The molecule has 0 saturated heterocycles. The molecule has 21 heavy (non-hydrogen) atoms. The molecule has 3 nitrogen and oxygen atoms in total. The van der Waals surface area contributed by atoms with Crippen LogP contribution in [0.15, 0.2) is 18.2 Å². The van der Waals surface area contributed by atoms with Gasteiger partial charge in [-0.05, 0) is 55.9 Å². The first-order chi connectivity index (χ1) is 10.1. The van der Waals surface area contributed by atoms with Crippen LogP contribution in [-0.2, 0) is 22.4 Å². The van der Waals surface area contributed by atoms with Crippen LogP contribution in [0.5, 0.6) is 0 Å². The Kier molecular flexibility index (Phi) is 7.73. The van der Waals surface area contributed by atoms with Crippen molar-refractivity contribution in [3.05, 3.63) is 29.3 Å². The minimum absolute atomic E-state index is 0.0537. The quantitative estimate of drug-likeness (QED) is 0.689. The Balaban J connectivity index is 2.81. The number of unbranched alkanes of at least 4 members (excludes halogenated alkanes) is 2. The van der Waals surface area contributed by atoms with Crippen LogP contribution in [0.3, 0.4) is 0 Å². The number of benzene rings is 1. The van der Waals surface area contributed by atoms with E-state index in [2.05, 4.69) is 31.3 Å². The number of ketones is 1. The third-order valence-electron chi connectivity index (χ3n) is 3.50. The van der Waals surface area contributed by atoms with Crippen LogP contribution in [-0.4, -0.2) is 11.7 Å². The van der Waals surface area contributed by atoms with Crippen molar-refractivity contribution in [1.29, 1.82) is 0 Å². The molecule has 1 amide bonds. The first-order valence-electron chi connectivity index (χ1n) is 7.97. The fourth-order valence-corrected chi connectivity index (χ4v) is 2.35. The summed E-state index contributed by atoms with van der Waals surface area (Å²) in [5.74, 6) is -0.344. The molecular formula is C18H27NO2. The summed E-state index contributed by atoms with van der Waals surface area (Å²) < 4.78 is 0. The van der Waals surface area contributed by atoms with E-state index in [4.69, 9.17) is 0 Å². The third-order valence-corrected chi connectivity index (χ3v) is 3.50. The van der Waals surface area contributed by atoms with Crippen LogP contribution >= 0.6 is 0 Å². The molecule has 0 aliphatic heterocycles. The van der Waals surface area contributed by atoms with Crippen molar-refractivity contribution in [2.24, 2.45) is 0 Å². The van der Waals surface area contributed by atoms with E-state index in [1.54, 1.807) is 0 Å². The molecule has 0 heterocycles. The lowest BCUT2D eigenvalue weighted by Crippen LogP contribution is -2.15. The Morgan fingerprint density at radius 3 is 2.19 bits per heavy atom. The van der Waals surface area contributed by atoms with Crippen molar-refractivity contribution in [3.63, 3.8) is 0 Å². The second-order valence-corrected chi connectivity index (χ2v) is 5.62. The van der Waals surface area contributed by atoms with E-state index in [0.29, 0.717) is 0 Å². The monoisotopic (exact) mass is 289 g/mol. The molecule has 0 saturated carbocycles. The molecule has 0 spiro atoms. The molecule has 0 radical (unpaired) electrons. The Labute approximate surface area is 128 Å². The Bertz CT molecular complexity index is 480. The number of Topliss-reactive ketones (excluding diaryl/α,β-unsaturated/α-hetero) is 1. The zero-order valence-corrected chi connectivity index (χ0v) is 13.5. The van der Waals surface area contributed by atoms with Gasteiger partial charge in [0.25, 0.3) is 0 Å². The average Bonchev–Trinajstić information content (AvgIpc) is 2.43. The average molecular weight is 289 g/mol. The lowest BCUT2D eigenvalue weighted by molar-refractivity contribution is -0.124. The smallest absolute Gasteiger partial charge is 0.231 e. The second kappa shape index (κ2) is 9.32. The molecular weight excluding hydrogens is 262 g/mol. The fourth-order valence-electron chi connectivity index (χ4n) is 2.35. The molecule has 0 bridgehead atoms. The number of amides is 1. The number of rotatable bonds is 9. The predicted octanol–water partition coefficient (Wildman–Crippen LogP) is 4.29. The molecule has 0 aliphatic rings. The van der Waals surface area contributed by atoms with Gasteiger partial charge < -0.3 is 5.32 Å². The van der Waals surface area contributed by atoms with Gasteiger partial charge in [0.1, 0.15) is 5.78 Å². The van der Waals surface area contributed by atoms with E-state index < -0.39 is 0 Å². The molecule has 1 aromatic rings. The number of nitrogens with one attached hydrogen (secondary N) is 1. The van der Waals surface area contributed by atoms with Crippen LogP contribution in [0.2, 0.25) is 0 Å². The molecule has 0 fully saturated rings. The minimum atomic E-state index is -0.231. The number of carbonyl (C=O) groups excluding carboxylic acids is 2. The van der Waals surface area contributed by atoms with E-state index in [0.717, 1.165) is 31.4 Å². The number of aryl methyl sites for hydroxylation is 2. The first kappa shape index (κ1) is 17.4. The molecule has 116 valence electrons.